The van der Waals surface area contributed by atoms with Crippen LogP contribution in [0.25, 0.3) is 0 Å². The Morgan fingerprint density at radius 3 is 2.81 bits per heavy atom. The SMILES string of the molecule is COCC(C)(C)NC1=NCC(CC(C)C)S1. The van der Waals surface area contributed by atoms with E-state index in [2.05, 4.69) is 38.0 Å². The molecule has 0 aromatic rings. The van der Waals surface area contributed by atoms with Crippen molar-refractivity contribution in [3.63, 3.8) is 0 Å². The van der Waals surface area contributed by atoms with Gasteiger partial charge in [0.1, 0.15) is 0 Å². The van der Waals surface area contributed by atoms with E-state index >= 15 is 0 Å². The lowest BCUT2D eigenvalue weighted by Crippen LogP contribution is -2.45. The molecule has 0 saturated carbocycles. The van der Waals surface area contributed by atoms with Crippen LogP contribution in [-0.2, 0) is 4.74 Å². The van der Waals surface area contributed by atoms with E-state index in [0.717, 1.165) is 17.6 Å². The van der Waals surface area contributed by atoms with E-state index in [9.17, 15) is 0 Å². The molecule has 1 aliphatic rings. The average molecular weight is 244 g/mol. The first-order valence-electron chi connectivity index (χ1n) is 5.91. The molecule has 94 valence electrons. The van der Waals surface area contributed by atoms with E-state index in [0.29, 0.717) is 11.9 Å². The zero-order valence-electron chi connectivity index (χ0n) is 11.0. The molecule has 0 radical (unpaired) electrons. The Bertz CT molecular complexity index is 251. The lowest BCUT2D eigenvalue weighted by atomic mass is 10.1. The van der Waals surface area contributed by atoms with Gasteiger partial charge in [-0.05, 0) is 26.2 Å². The molecule has 1 aliphatic heterocycles. The lowest BCUT2D eigenvalue weighted by Gasteiger charge is -2.26. The Balaban J connectivity index is 2.36. The second kappa shape index (κ2) is 5.92. The van der Waals surface area contributed by atoms with Crippen LogP contribution >= 0.6 is 11.8 Å². The number of methoxy groups -OCH3 is 1. The van der Waals surface area contributed by atoms with Crippen molar-refractivity contribution in [2.24, 2.45) is 10.9 Å². The molecule has 0 spiro atoms. The average Bonchev–Trinajstić information content (AvgIpc) is 2.49. The van der Waals surface area contributed by atoms with Gasteiger partial charge in [-0.15, -0.1) is 0 Å². The highest BCUT2D eigenvalue weighted by atomic mass is 32.2. The first-order valence-corrected chi connectivity index (χ1v) is 6.79. The van der Waals surface area contributed by atoms with Gasteiger partial charge in [-0.2, -0.15) is 0 Å². The molecule has 1 N–H and O–H groups in total. The molecule has 1 rings (SSSR count). The number of nitrogens with one attached hydrogen (secondary N) is 1. The van der Waals surface area contributed by atoms with Gasteiger partial charge in [-0.1, -0.05) is 25.6 Å². The first kappa shape index (κ1) is 13.8. The fourth-order valence-corrected chi connectivity index (χ4v) is 3.25. The lowest BCUT2D eigenvalue weighted by molar-refractivity contribution is 0.140. The molecule has 0 aromatic carbocycles. The summed E-state index contributed by atoms with van der Waals surface area (Å²) < 4.78 is 5.18. The van der Waals surface area contributed by atoms with Crippen LogP contribution in [0.3, 0.4) is 0 Å². The minimum Gasteiger partial charge on any atom is -0.382 e. The third-order valence-corrected chi connectivity index (χ3v) is 3.53. The molecule has 0 fully saturated rings. The third kappa shape index (κ3) is 4.74. The van der Waals surface area contributed by atoms with Gasteiger partial charge in [-0.25, -0.2) is 0 Å². The molecule has 16 heavy (non-hydrogen) atoms. The summed E-state index contributed by atoms with van der Waals surface area (Å²) in [4.78, 5) is 4.55. The molecule has 0 aliphatic carbocycles. The monoisotopic (exact) mass is 244 g/mol. The van der Waals surface area contributed by atoms with Crippen molar-refractivity contribution < 1.29 is 4.74 Å². The molecular formula is C12H24N2OS. The fourth-order valence-electron chi connectivity index (χ4n) is 1.82. The molecule has 0 saturated heterocycles. The highest BCUT2D eigenvalue weighted by Crippen LogP contribution is 2.26. The number of rotatable bonds is 5. The van der Waals surface area contributed by atoms with Crippen molar-refractivity contribution >= 4 is 16.9 Å². The second-order valence-electron chi connectivity index (χ2n) is 5.46. The van der Waals surface area contributed by atoms with Gasteiger partial charge in [0.2, 0.25) is 0 Å². The van der Waals surface area contributed by atoms with Gasteiger partial charge in [0.15, 0.2) is 5.17 Å². The summed E-state index contributed by atoms with van der Waals surface area (Å²) in [5.41, 5.74) is -0.0344. The van der Waals surface area contributed by atoms with Crippen LogP contribution in [-0.4, -0.2) is 36.2 Å². The van der Waals surface area contributed by atoms with Gasteiger partial charge in [-0.3, -0.25) is 4.99 Å². The van der Waals surface area contributed by atoms with Crippen LogP contribution in [0.1, 0.15) is 34.1 Å². The summed E-state index contributed by atoms with van der Waals surface area (Å²) in [6.07, 6.45) is 1.24. The Morgan fingerprint density at radius 1 is 1.56 bits per heavy atom. The standard InChI is InChI=1S/C12H24N2OS/c1-9(2)6-10-7-13-11(16-10)14-12(3,4)8-15-5/h9-10H,6-8H2,1-5H3,(H,13,14). The zero-order valence-corrected chi connectivity index (χ0v) is 11.9. The first-order chi connectivity index (χ1) is 7.43. The summed E-state index contributed by atoms with van der Waals surface area (Å²) in [7, 11) is 1.73. The molecular weight excluding hydrogens is 220 g/mol. The third-order valence-electron chi connectivity index (χ3n) is 2.40. The number of nitrogens with zero attached hydrogens (tertiary/aromatic N) is 1. The normalized spacial score (nSPS) is 21.4. The Morgan fingerprint density at radius 2 is 2.25 bits per heavy atom. The number of aliphatic imine (C=N–C) groups is 1. The van der Waals surface area contributed by atoms with Crippen molar-refractivity contribution in [3.05, 3.63) is 0 Å². The molecule has 3 nitrogen and oxygen atoms in total. The number of hydrogen-bond acceptors (Lipinski definition) is 4. The van der Waals surface area contributed by atoms with Gasteiger partial charge in [0, 0.05) is 12.4 Å². The summed E-state index contributed by atoms with van der Waals surface area (Å²) in [6, 6.07) is 0. The predicted molar refractivity (Wildman–Crippen MR) is 72.2 cm³/mol. The summed E-state index contributed by atoms with van der Waals surface area (Å²) in [5.74, 6) is 0.749. The number of amidine groups is 1. The van der Waals surface area contributed by atoms with Crippen molar-refractivity contribution in [2.75, 3.05) is 20.3 Å². The van der Waals surface area contributed by atoms with Crippen LogP contribution in [0.2, 0.25) is 0 Å². The minimum absolute atomic E-state index is 0.0344. The van der Waals surface area contributed by atoms with Crippen LogP contribution in [0, 0.1) is 5.92 Å². The minimum atomic E-state index is -0.0344. The van der Waals surface area contributed by atoms with Crippen LogP contribution in [0.4, 0.5) is 0 Å². The number of thioether (sulfide) groups is 1. The Kier molecular flexibility index (Phi) is 5.12. The van der Waals surface area contributed by atoms with Gasteiger partial charge in [0.25, 0.3) is 0 Å². The Labute approximate surface area is 103 Å². The van der Waals surface area contributed by atoms with Gasteiger partial charge >= 0.3 is 0 Å². The largest absolute Gasteiger partial charge is 0.382 e. The van der Waals surface area contributed by atoms with E-state index in [4.69, 9.17) is 4.74 Å². The van der Waals surface area contributed by atoms with Crippen molar-refractivity contribution in [1.82, 2.24) is 5.32 Å². The van der Waals surface area contributed by atoms with E-state index in [-0.39, 0.29) is 5.54 Å². The molecule has 1 heterocycles. The maximum atomic E-state index is 5.18. The molecule has 0 amide bonds. The van der Waals surface area contributed by atoms with Gasteiger partial charge < -0.3 is 10.1 Å². The maximum absolute atomic E-state index is 5.18. The highest BCUT2D eigenvalue weighted by Gasteiger charge is 2.25. The van der Waals surface area contributed by atoms with Crippen molar-refractivity contribution in [3.8, 4) is 0 Å². The highest BCUT2D eigenvalue weighted by molar-refractivity contribution is 8.14. The topological polar surface area (TPSA) is 33.6 Å². The summed E-state index contributed by atoms with van der Waals surface area (Å²) in [6.45, 7) is 10.4. The molecule has 0 aromatic heterocycles. The Hall–Kier alpha value is -0.220. The van der Waals surface area contributed by atoms with Crippen molar-refractivity contribution in [2.45, 2.75) is 44.9 Å². The molecule has 4 heteroatoms. The molecule has 1 unspecified atom stereocenters. The van der Waals surface area contributed by atoms with E-state index in [1.165, 1.54) is 6.42 Å². The van der Waals surface area contributed by atoms with Crippen LogP contribution < -0.4 is 5.32 Å². The van der Waals surface area contributed by atoms with E-state index in [1.807, 2.05) is 11.8 Å². The smallest absolute Gasteiger partial charge is 0.157 e. The summed E-state index contributed by atoms with van der Waals surface area (Å²) >= 11 is 1.88. The van der Waals surface area contributed by atoms with E-state index in [1.54, 1.807) is 7.11 Å². The maximum Gasteiger partial charge on any atom is 0.157 e. The van der Waals surface area contributed by atoms with E-state index < -0.39 is 0 Å². The van der Waals surface area contributed by atoms with Gasteiger partial charge in [0.05, 0.1) is 18.7 Å². The van der Waals surface area contributed by atoms with Crippen LogP contribution in [0.15, 0.2) is 4.99 Å². The quantitative estimate of drug-likeness (QED) is 0.807. The summed E-state index contributed by atoms with van der Waals surface area (Å²) in [5, 5.41) is 5.18. The van der Waals surface area contributed by atoms with Crippen LogP contribution in [0.5, 0.6) is 0 Å². The van der Waals surface area contributed by atoms with Crippen molar-refractivity contribution in [1.29, 1.82) is 0 Å². The number of ether oxygens (including phenoxy) is 1. The zero-order chi connectivity index (χ0) is 12.2. The fraction of sp³-hybridized carbons (Fsp3) is 0.917. The molecule has 1 atom stereocenters. The predicted octanol–water partition coefficient (Wildman–Crippen LogP) is 2.52. The molecule has 0 bridgehead atoms. The second-order valence-corrected chi connectivity index (χ2v) is 6.75. The number of hydrogen-bond donors (Lipinski definition) is 1.